The molecule has 0 radical (unpaired) electrons. The molecular weight excluding hydrogens is 250 g/mol. The highest BCUT2D eigenvalue weighted by Gasteiger charge is 2.43. The van der Waals surface area contributed by atoms with Gasteiger partial charge >= 0.3 is 0 Å². The summed E-state index contributed by atoms with van der Waals surface area (Å²) in [6, 6.07) is 2.81. The summed E-state index contributed by atoms with van der Waals surface area (Å²) < 4.78 is 0. The first kappa shape index (κ1) is 15.3. The summed E-state index contributed by atoms with van der Waals surface area (Å²) >= 11 is 0. The summed E-state index contributed by atoms with van der Waals surface area (Å²) in [4.78, 5) is 14.4. The lowest BCUT2D eigenvalue weighted by atomic mass is 9.98. The Kier molecular flexibility index (Phi) is 5.04. The van der Waals surface area contributed by atoms with Crippen LogP contribution in [0, 0.1) is 17.2 Å². The van der Waals surface area contributed by atoms with Crippen LogP contribution < -0.4 is 5.32 Å². The highest BCUT2D eigenvalue weighted by atomic mass is 16.2. The minimum absolute atomic E-state index is 0.00676. The van der Waals surface area contributed by atoms with Gasteiger partial charge in [-0.2, -0.15) is 5.26 Å². The Morgan fingerprint density at radius 1 is 1.25 bits per heavy atom. The third kappa shape index (κ3) is 3.96. The molecule has 0 aromatic carbocycles. The predicted octanol–water partition coefficient (Wildman–Crippen LogP) is 2.45. The lowest BCUT2D eigenvalue weighted by molar-refractivity contribution is -0.123. The second kappa shape index (κ2) is 6.58. The van der Waals surface area contributed by atoms with E-state index in [4.69, 9.17) is 0 Å². The Bertz CT molecular complexity index is 378. The lowest BCUT2D eigenvalue weighted by Gasteiger charge is -2.29. The molecule has 2 aliphatic rings. The molecule has 1 atom stereocenters. The Balaban J connectivity index is 1.82. The van der Waals surface area contributed by atoms with Crippen LogP contribution in [0.25, 0.3) is 0 Å². The van der Waals surface area contributed by atoms with E-state index in [0.29, 0.717) is 18.5 Å². The zero-order valence-electron chi connectivity index (χ0n) is 12.8. The summed E-state index contributed by atoms with van der Waals surface area (Å²) in [5.41, 5.74) is -0.665. The van der Waals surface area contributed by atoms with Crippen molar-refractivity contribution < 1.29 is 4.79 Å². The number of rotatable bonds is 5. The number of amides is 1. The van der Waals surface area contributed by atoms with Gasteiger partial charge in [0.15, 0.2) is 0 Å². The summed E-state index contributed by atoms with van der Waals surface area (Å²) in [5, 5.41) is 12.2. The molecule has 2 rings (SSSR count). The van der Waals surface area contributed by atoms with Crippen molar-refractivity contribution in [2.24, 2.45) is 5.92 Å². The van der Waals surface area contributed by atoms with Gasteiger partial charge in [-0.05, 0) is 45.6 Å². The van der Waals surface area contributed by atoms with Crippen molar-refractivity contribution in [1.82, 2.24) is 10.2 Å². The zero-order valence-corrected chi connectivity index (χ0v) is 12.8. The maximum Gasteiger partial charge on any atom is 0.235 e. The molecule has 2 saturated carbocycles. The molecular formula is C16H27N3O. The first-order valence-corrected chi connectivity index (χ1v) is 7.97. The molecule has 4 heteroatoms. The van der Waals surface area contributed by atoms with E-state index in [0.717, 1.165) is 12.8 Å². The summed E-state index contributed by atoms with van der Waals surface area (Å²) in [5.74, 6) is 0.340. The standard InChI is InChI=1S/C16H27N3O/c1-16(12-17,13-9-10-13)18-15(20)11-19(2)14-7-5-3-4-6-8-14/h13-14H,3-11H2,1-2H3,(H,18,20). The fourth-order valence-corrected chi connectivity index (χ4v) is 3.27. The van der Waals surface area contributed by atoms with E-state index in [2.05, 4.69) is 16.3 Å². The van der Waals surface area contributed by atoms with E-state index >= 15 is 0 Å². The minimum Gasteiger partial charge on any atom is -0.337 e. The van der Waals surface area contributed by atoms with Gasteiger partial charge in [-0.1, -0.05) is 25.7 Å². The second-order valence-corrected chi connectivity index (χ2v) is 6.70. The Morgan fingerprint density at radius 2 is 1.85 bits per heavy atom. The molecule has 4 nitrogen and oxygen atoms in total. The quantitative estimate of drug-likeness (QED) is 0.785. The Hall–Kier alpha value is -1.08. The van der Waals surface area contributed by atoms with Crippen molar-refractivity contribution in [3.63, 3.8) is 0 Å². The van der Waals surface area contributed by atoms with Crippen LogP contribution in [-0.4, -0.2) is 36.0 Å². The normalized spacial score (nSPS) is 23.7. The van der Waals surface area contributed by atoms with Crippen molar-refractivity contribution in [3.05, 3.63) is 0 Å². The van der Waals surface area contributed by atoms with Crippen molar-refractivity contribution >= 4 is 5.91 Å². The predicted molar refractivity (Wildman–Crippen MR) is 79.0 cm³/mol. The van der Waals surface area contributed by atoms with Gasteiger partial charge in [-0.3, -0.25) is 9.69 Å². The van der Waals surface area contributed by atoms with Crippen LogP contribution >= 0.6 is 0 Å². The monoisotopic (exact) mass is 277 g/mol. The number of nitrogens with zero attached hydrogens (tertiary/aromatic N) is 2. The van der Waals surface area contributed by atoms with Crippen LogP contribution in [0.1, 0.15) is 58.3 Å². The molecule has 20 heavy (non-hydrogen) atoms. The average molecular weight is 277 g/mol. The van der Waals surface area contributed by atoms with E-state index in [1.807, 2.05) is 14.0 Å². The van der Waals surface area contributed by atoms with Crippen LogP contribution in [0.3, 0.4) is 0 Å². The molecule has 0 bridgehead atoms. The maximum atomic E-state index is 12.2. The molecule has 1 unspecified atom stereocenters. The number of hydrogen-bond acceptors (Lipinski definition) is 3. The number of hydrogen-bond donors (Lipinski definition) is 1. The van der Waals surface area contributed by atoms with E-state index in [1.165, 1.54) is 38.5 Å². The summed E-state index contributed by atoms with van der Waals surface area (Å²) in [7, 11) is 2.04. The van der Waals surface area contributed by atoms with Gasteiger partial charge in [-0.25, -0.2) is 0 Å². The Labute approximate surface area is 122 Å². The van der Waals surface area contributed by atoms with Crippen LogP contribution in [0.15, 0.2) is 0 Å². The average Bonchev–Trinajstić information content (AvgIpc) is 3.24. The molecule has 0 saturated heterocycles. The number of nitrogens with one attached hydrogen (secondary N) is 1. The maximum absolute atomic E-state index is 12.2. The molecule has 2 aliphatic carbocycles. The van der Waals surface area contributed by atoms with Gasteiger partial charge in [0.2, 0.25) is 5.91 Å². The fraction of sp³-hybridized carbons (Fsp3) is 0.875. The molecule has 112 valence electrons. The van der Waals surface area contributed by atoms with E-state index in [9.17, 15) is 10.1 Å². The van der Waals surface area contributed by atoms with Gasteiger partial charge in [-0.15, -0.1) is 0 Å². The first-order chi connectivity index (χ1) is 9.55. The van der Waals surface area contributed by atoms with E-state index in [-0.39, 0.29) is 5.91 Å². The molecule has 0 heterocycles. The second-order valence-electron chi connectivity index (χ2n) is 6.70. The third-order valence-corrected chi connectivity index (χ3v) is 4.87. The van der Waals surface area contributed by atoms with Crippen molar-refractivity contribution in [1.29, 1.82) is 5.26 Å². The minimum atomic E-state index is -0.665. The van der Waals surface area contributed by atoms with Gasteiger partial charge < -0.3 is 5.32 Å². The smallest absolute Gasteiger partial charge is 0.235 e. The molecule has 1 N–H and O–H groups in total. The fourth-order valence-electron chi connectivity index (χ4n) is 3.27. The molecule has 0 spiro atoms. The molecule has 0 aliphatic heterocycles. The summed E-state index contributed by atoms with van der Waals surface area (Å²) in [6.45, 7) is 2.27. The van der Waals surface area contributed by atoms with Crippen LogP contribution in [0.2, 0.25) is 0 Å². The number of carbonyl (C=O) groups is 1. The largest absolute Gasteiger partial charge is 0.337 e. The summed E-state index contributed by atoms with van der Waals surface area (Å²) in [6.07, 6.45) is 9.70. The number of likely N-dealkylation sites (N-methyl/N-ethyl adjacent to an activating group) is 1. The van der Waals surface area contributed by atoms with Crippen molar-refractivity contribution in [2.75, 3.05) is 13.6 Å². The van der Waals surface area contributed by atoms with Crippen LogP contribution in [0.5, 0.6) is 0 Å². The van der Waals surface area contributed by atoms with Crippen molar-refractivity contribution in [2.45, 2.75) is 69.9 Å². The van der Waals surface area contributed by atoms with Crippen LogP contribution in [0.4, 0.5) is 0 Å². The van der Waals surface area contributed by atoms with Gasteiger partial charge in [0.1, 0.15) is 5.54 Å². The molecule has 2 fully saturated rings. The van der Waals surface area contributed by atoms with Crippen LogP contribution in [-0.2, 0) is 4.79 Å². The van der Waals surface area contributed by atoms with Gasteiger partial charge in [0.05, 0.1) is 12.6 Å². The topological polar surface area (TPSA) is 56.1 Å². The molecule has 0 aromatic rings. The lowest BCUT2D eigenvalue weighted by Crippen LogP contribution is -2.50. The zero-order chi connectivity index (χ0) is 14.6. The highest BCUT2D eigenvalue weighted by molar-refractivity contribution is 5.79. The SMILES string of the molecule is CN(CC(=O)NC(C)(C#N)C1CC1)C1CCCCCC1. The van der Waals surface area contributed by atoms with Gasteiger partial charge in [0, 0.05) is 6.04 Å². The first-order valence-electron chi connectivity index (χ1n) is 7.97. The Morgan fingerprint density at radius 3 is 2.35 bits per heavy atom. The van der Waals surface area contributed by atoms with Crippen molar-refractivity contribution in [3.8, 4) is 6.07 Å². The molecule has 0 aromatic heterocycles. The van der Waals surface area contributed by atoms with Gasteiger partial charge in [0.25, 0.3) is 0 Å². The highest BCUT2D eigenvalue weighted by Crippen LogP contribution is 2.39. The molecule has 1 amide bonds. The third-order valence-electron chi connectivity index (χ3n) is 4.87. The number of carbonyl (C=O) groups excluding carboxylic acids is 1. The number of nitriles is 1. The van der Waals surface area contributed by atoms with E-state index < -0.39 is 5.54 Å². The van der Waals surface area contributed by atoms with E-state index in [1.54, 1.807) is 0 Å².